The van der Waals surface area contributed by atoms with E-state index in [1.165, 1.54) is 0 Å². The van der Waals surface area contributed by atoms with Crippen LogP contribution < -0.4 is 15.1 Å². The number of carbonyl (C=O) groups excluding carboxylic acids is 2. The highest BCUT2D eigenvalue weighted by atomic mass is 35.5. The summed E-state index contributed by atoms with van der Waals surface area (Å²) in [6, 6.07) is 7.79. The molecule has 1 aromatic carbocycles. The second-order valence-electron chi connectivity index (χ2n) is 8.17. The first-order valence-electron chi connectivity index (χ1n) is 10.5. The fraction of sp³-hybridized carbons (Fsp3) is 0.409. The first kappa shape index (κ1) is 23.3. The Kier molecular flexibility index (Phi) is 6.49. The lowest BCUT2D eigenvalue weighted by Crippen LogP contribution is -2.51. The minimum Gasteiger partial charge on any atom is -0.353 e. The third kappa shape index (κ3) is 5.06. The van der Waals surface area contributed by atoms with Crippen molar-refractivity contribution in [2.75, 3.05) is 47.8 Å². The quantitative estimate of drug-likeness (QED) is 0.725. The summed E-state index contributed by atoms with van der Waals surface area (Å²) in [5.41, 5.74) is 0.383. The Morgan fingerprint density at radius 3 is 2.58 bits per heavy atom. The molecule has 11 heteroatoms. The molecule has 0 saturated carbocycles. The van der Waals surface area contributed by atoms with Crippen LogP contribution in [0.15, 0.2) is 36.5 Å². The number of fused-ring (bicyclic) bond motifs is 1. The van der Waals surface area contributed by atoms with Gasteiger partial charge in [0.2, 0.25) is 11.8 Å². The molecule has 2 amide bonds. The summed E-state index contributed by atoms with van der Waals surface area (Å²) in [6.45, 7) is 3.98. The smallest absolute Gasteiger partial charge is 0.353 e. The molecule has 176 valence electrons. The molecule has 2 aliphatic heterocycles. The number of nitrogens with zero attached hydrogens (tertiary/aromatic N) is 4. The van der Waals surface area contributed by atoms with Crippen LogP contribution in [0.5, 0.6) is 0 Å². The first-order valence-corrected chi connectivity index (χ1v) is 10.9. The molecule has 2 aliphatic rings. The van der Waals surface area contributed by atoms with Crippen LogP contribution >= 0.6 is 11.6 Å². The van der Waals surface area contributed by atoms with Crippen LogP contribution in [-0.2, 0) is 15.8 Å². The topological polar surface area (TPSA) is 68.8 Å². The Bertz CT molecular complexity index is 1060. The number of pyridine rings is 1. The third-order valence-corrected chi connectivity index (χ3v) is 6.09. The third-order valence-electron chi connectivity index (χ3n) is 5.81. The van der Waals surface area contributed by atoms with Gasteiger partial charge < -0.3 is 15.1 Å². The number of halogens is 4. The highest BCUT2D eigenvalue weighted by molar-refractivity contribution is 6.33. The van der Waals surface area contributed by atoms with Crippen LogP contribution in [0.2, 0.25) is 5.02 Å². The Labute approximate surface area is 194 Å². The normalized spacial score (nSPS) is 19.7. The first-order chi connectivity index (χ1) is 15.6. The van der Waals surface area contributed by atoms with Crippen LogP contribution in [0.25, 0.3) is 0 Å². The molecule has 1 N–H and O–H groups in total. The van der Waals surface area contributed by atoms with Gasteiger partial charge in [0, 0.05) is 44.8 Å². The number of alkyl halides is 3. The molecule has 0 aliphatic carbocycles. The summed E-state index contributed by atoms with van der Waals surface area (Å²) in [5.74, 6) is 0.0423. The van der Waals surface area contributed by atoms with E-state index >= 15 is 0 Å². The lowest BCUT2D eigenvalue weighted by Gasteiger charge is -2.37. The monoisotopic (exact) mass is 481 g/mol. The number of nitrogens with one attached hydrogen (secondary N) is 1. The molecule has 33 heavy (non-hydrogen) atoms. The van der Waals surface area contributed by atoms with Crippen LogP contribution in [0, 0.1) is 0 Å². The van der Waals surface area contributed by atoms with E-state index in [2.05, 4.69) is 10.3 Å². The van der Waals surface area contributed by atoms with Gasteiger partial charge in [-0.15, -0.1) is 0 Å². The van der Waals surface area contributed by atoms with Crippen molar-refractivity contribution in [3.63, 3.8) is 0 Å². The van der Waals surface area contributed by atoms with E-state index in [1.807, 2.05) is 28.9 Å². The Hall–Kier alpha value is -2.85. The molecule has 0 unspecified atom stereocenters. The van der Waals surface area contributed by atoms with Crippen LogP contribution in [0.1, 0.15) is 18.9 Å². The van der Waals surface area contributed by atoms with Crippen LogP contribution in [-0.4, -0.2) is 60.5 Å². The lowest BCUT2D eigenvalue weighted by atomic mass is 10.1. The minimum atomic E-state index is -4.50. The molecule has 1 fully saturated rings. The molecular formula is C22H23ClF3N5O2. The highest BCUT2D eigenvalue weighted by Crippen LogP contribution is 2.34. The van der Waals surface area contributed by atoms with E-state index < -0.39 is 11.7 Å². The second kappa shape index (κ2) is 9.18. The van der Waals surface area contributed by atoms with Crippen LogP contribution in [0.3, 0.4) is 0 Å². The maximum Gasteiger partial charge on any atom is 0.417 e. The number of hydrogen-bond acceptors (Lipinski definition) is 5. The largest absolute Gasteiger partial charge is 0.417 e. The van der Waals surface area contributed by atoms with E-state index in [9.17, 15) is 22.8 Å². The fourth-order valence-electron chi connectivity index (χ4n) is 4.17. The molecule has 4 rings (SSSR count). The zero-order chi connectivity index (χ0) is 23.8. The number of aromatic nitrogens is 1. The number of rotatable bonds is 3. The van der Waals surface area contributed by atoms with E-state index in [-0.39, 0.29) is 35.8 Å². The molecule has 0 spiro atoms. The summed E-state index contributed by atoms with van der Waals surface area (Å²) in [4.78, 5) is 34.7. The van der Waals surface area contributed by atoms with E-state index in [0.717, 1.165) is 12.3 Å². The van der Waals surface area contributed by atoms with Gasteiger partial charge >= 0.3 is 6.18 Å². The summed E-state index contributed by atoms with van der Waals surface area (Å²) < 4.78 is 38.6. The lowest BCUT2D eigenvalue weighted by molar-refractivity contribution is -0.137. The number of hydrogen-bond donors (Lipinski definition) is 1. The number of amides is 2. The molecule has 0 radical (unpaired) electrons. The van der Waals surface area contributed by atoms with Gasteiger partial charge in [-0.2, -0.15) is 13.2 Å². The molecule has 0 bridgehead atoms. The number of para-hydroxylation sites is 2. The summed E-state index contributed by atoms with van der Waals surface area (Å²) in [5, 5.41) is 2.79. The van der Waals surface area contributed by atoms with Crippen molar-refractivity contribution >= 4 is 40.6 Å². The van der Waals surface area contributed by atoms with E-state index in [0.29, 0.717) is 43.4 Å². The van der Waals surface area contributed by atoms with Gasteiger partial charge in [0.05, 0.1) is 28.5 Å². The van der Waals surface area contributed by atoms with Crippen molar-refractivity contribution in [3.8, 4) is 0 Å². The van der Waals surface area contributed by atoms with Crippen molar-refractivity contribution < 1.29 is 22.8 Å². The Morgan fingerprint density at radius 2 is 1.91 bits per heavy atom. The van der Waals surface area contributed by atoms with Gasteiger partial charge in [0.1, 0.15) is 5.82 Å². The van der Waals surface area contributed by atoms with Gasteiger partial charge in [0.15, 0.2) is 0 Å². The second-order valence-corrected chi connectivity index (χ2v) is 8.58. The molecule has 2 aromatic rings. The molecule has 1 saturated heterocycles. The van der Waals surface area contributed by atoms with E-state index in [1.54, 1.807) is 17.0 Å². The van der Waals surface area contributed by atoms with Crippen molar-refractivity contribution in [1.29, 1.82) is 0 Å². The minimum absolute atomic E-state index is 0.0542. The zero-order valence-electron chi connectivity index (χ0n) is 17.9. The zero-order valence-corrected chi connectivity index (χ0v) is 18.7. The predicted molar refractivity (Wildman–Crippen MR) is 120 cm³/mol. The van der Waals surface area contributed by atoms with Crippen molar-refractivity contribution in [2.24, 2.45) is 0 Å². The predicted octanol–water partition coefficient (Wildman–Crippen LogP) is 3.64. The highest BCUT2D eigenvalue weighted by Gasteiger charge is 2.33. The van der Waals surface area contributed by atoms with Gasteiger partial charge in [-0.1, -0.05) is 23.7 Å². The molecule has 1 atom stereocenters. The van der Waals surface area contributed by atoms with Gasteiger partial charge in [0.25, 0.3) is 0 Å². The SMILES string of the molecule is C[C@@H]1CC(=O)Nc2ccccc2N1C(=O)CN1CCN(c2ncc(C(F)(F)F)cc2Cl)CC1. The Balaban J connectivity index is 1.41. The molecule has 7 nitrogen and oxygen atoms in total. The molecule has 1 aromatic heterocycles. The van der Waals surface area contributed by atoms with Crippen LogP contribution in [0.4, 0.5) is 30.4 Å². The number of carbonyl (C=O) groups is 2. The average molecular weight is 482 g/mol. The van der Waals surface area contributed by atoms with Crippen molar-refractivity contribution in [3.05, 3.63) is 47.1 Å². The number of anilines is 3. The maximum atomic E-state index is 13.2. The Morgan fingerprint density at radius 1 is 1.21 bits per heavy atom. The summed E-state index contributed by atoms with van der Waals surface area (Å²) >= 11 is 6.07. The molecular weight excluding hydrogens is 459 g/mol. The van der Waals surface area contributed by atoms with Gasteiger partial charge in [-0.05, 0) is 25.1 Å². The van der Waals surface area contributed by atoms with Crippen molar-refractivity contribution in [2.45, 2.75) is 25.6 Å². The number of piperazine rings is 1. The standard InChI is InChI=1S/C22H23ClF3N5O2/c1-14-10-19(32)28-17-4-2-3-5-18(17)31(14)20(33)13-29-6-8-30(9-7-29)21-16(23)11-15(12-27-21)22(24,25)26/h2-5,11-12,14H,6-10,13H2,1H3,(H,28,32)/t14-/m1/s1. The summed E-state index contributed by atoms with van der Waals surface area (Å²) in [6.07, 6.45) is -3.52. The summed E-state index contributed by atoms with van der Waals surface area (Å²) in [7, 11) is 0. The maximum absolute atomic E-state index is 13.2. The average Bonchev–Trinajstić information content (AvgIpc) is 2.87. The fourth-order valence-corrected chi connectivity index (χ4v) is 4.46. The van der Waals surface area contributed by atoms with Gasteiger partial charge in [-0.25, -0.2) is 4.98 Å². The van der Waals surface area contributed by atoms with Gasteiger partial charge in [-0.3, -0.25) is 14.5 Å². The van der Waals surface area contributed by atoms with E-state index in [4.69, 9.17) is 11.6 Å². The number of benzene rings is 1. The molecule has 3 heterocycles. The van der Waals surface area contributed by atoms with Crippen molar-refractivity contribution in [1.82, 2.24) is 9.88 Å².